The molecule has 0 bridgehead atoms. The molecule has 14 heavy (non-hydrogen) atoms. The van der Waals surface area contributed by atoms with Crippen LogP contribution >= 0.6 is 22.9 Å². The van der Waals surface area contributed by atoms with E-state index in [1.165, 1.54) is 6.07 Å². The minimum Gasteiger partial charge on any atom is -0.242 e. The number of aryl methyl sites for hydroxylation is 1. The van der Waals surface area contributed by atoms with Crippen molar-refractivity contribution in [3.8, 4) is 11.3 Å². The molecule has 0 unspecified atom stereocenters. The van der Waals surface area contributed by atoms with Crippen molar-refractivity contribution in [2.75, 3.05) is 0 Å². The molecule has 0 atom stereocenters. The molecule has 0 N–H and O–H groups in total. The summed E-state index contributed by atoms with van der Waals surface area (Å²) in [6, 6.07) is 4.71. The molecule has 72 valence electrons. The van der Waals surface area contributed by atoms with Crippen molar-refractivity contribution in [3.05, 3.63) is 39.4 Å². The molecule has 0 aliphatic rings. The van der Waals surface area contributed by atoms with Crippen LogP contribution in [0.5, 0.6) is 0 Å². The fourth-order valence-electron chi connectivity index (χ4n) is 1.15. The molecular formula is C10H7ClFNS. The van der Waals surface area contributed by atoms with Crippen LogP contribution in [0, 0.1) is 12.7 Å². The molecule has 1 aromatic heterocycles. The fraction of sp³-hybridized carbons (Fsp3) is 0.100. The molecule has 0 fully saturated rings. The Labute approximate surface area is 90.2 Å². The van der Waals surface area contributed by atoms with Crippen molar-refractivity contribution in [2.24, 2.45) is 0 Å². The van der Waals surface area contributed by atoms with Crippen LogP contribution in [0.2, 0.25) is 5.02 Å². The van der Waals surface area contributed by atoms with E-state index in [1.54, 1.807) is 23.5 Å². The van der Waals surface area contributed by atoms with E-state index in [0.717, 1.165) is 16.3 Å². The van der Waals surface area contributed by atoms with E-state index in [4.69, 9.17) is 11.6 Å². The Balaban J connectivity index is 2.47. The number of benzene rings is 1. The monoisotopic (exact) mass is 227 g/mol. The fourth-order valence-corrected chi connectivity index (χ4v) is 1.89. The highest BCUT2D eigenvalue weighted by molar-refractivity contribution is 7.09. The number of thiazole rings is 1. The number of rotatable bonds is 1. The third-order valence-electron chi connectivity index (χ3n) is 1.83. The van der Waals surface area contributed by atoms with Crippen LogP contribution in [0.4, 0.5) is 4.39 Å². The van der Waals surface area contributed by atoms with Gasteiger partial charge in [-0.1, -0.05) is 17.7 Å². The zero-order chi connectivity index (χ0) is 10.1. The first-order chi connectivity index (χ1) is 6.66. The van der Waals surface area contributed by atoms with Gasteiger partial charge in [-0.25, -0.2) is 9.37 Å². The van der Waals surface area contributed by atoms with E-state index in [0.29, 0.717) is 0 Å². The number of hydrogen-bond acceptors (Lipinski definition) is 2. The molecule has 0 radical (unpaired) electrons. The van der Waals surface area contributed by atoms with Crippen LogP contribution in [0.25, 0.3) is 11.3 Å². The third kappa shape index (κ3) is 1.79. The maximum Gasteiger partial charge on any atom is 0.142 e. The normalized spacial score (nSPS) is 10.5. The van der Waals surface area contributed by atoms with Crippen molar-refractivity contribution in [1.82, 2.24) is 4.98 Å². The number of halogens is 2. The molecular weight excluding hydrogens is 221 g/mol. The van der Waals surface area contributed by atoms with Crippen molar-refractivity contribution in [3.63, 3.8) is 0 Å². The van der Waals surface area contributed by atoms with Crippen molar-refractivity contribution in [1.29, 1.82) is 0 Å². The van der Waals surface area contributed by atoms with Crippen molar-refractivity contribution >= 4 is 22.9 Å². The molecule has 2 rings (SSSR count). The summed E-state index contributed by atoms with van der Waals surface area (Å²) < 4.78 is 13.1. The predicted molar refractivity (Wildman–Crippen MR) is 57.3 cm³/mol. The smallest absolute Gasteiger partial charge is 0.142 e. The topological polar surface area (TPSA) is 12.9 Å². The van der Waals surface area contributed by atoms with E-state index in [-0.39, 0.29) is 5.02 Å². The Morgan fingerprint density at radius 3 is 2.79 bits per heavy atom. The Hall–Kier alpha value is -0.930. The van der Waals surface area contributed by atoms with Gasteiger partial charge in [-0.05, 0) is 19.1 Å². The van der Waals surface area contributed by atoms with Gasteiger partial charge in [0, 0.05) is 10.9 Å². The van der Waals surface area contributed by atoms with E-state index in [9.17, 15) is 4.39 Å². The van der Waals surface area contributed by atoms with Crippen LogP contribution in [-0.4, -0.2) is 4.98 Å². The second-order valence-electron chi connectivity index (χ2n) is 2.88. The average Bonchev–Trinajstić information content (AvgIpc) is 2.57. The van der Waals surface area contributed by atoms with Gasteiger partial charge in [0.2, 0.25) is 0 Å². The second-order valence-corrected chi connectivity index (χ2v) is 4.35. The standard InChI is InChI=1S/C10H7ClFNS/c1-6-13-10(5-14-6)7-2-3-8(11)9(12)4-7/h2-5H,1H3. The Bertz CT molecular complexity index is 467. The molecule has 1 nitrogen and oxygen atoms in total. The maximum atomic E-state index is 13.1. The van der Waals surface area contributed by atoms with Crippen LogP contribution < -0.4 is 0 Å². The van der Waals surface area contributed by atoms with Gasteiger partial charge >= 0.3 is 0 Å². The highest BCUT2D eigenvalue weighted by Gasteiger charge is 2.05. The average molecular weight is 228 g/mol. The number of aromatic nitrogens is 1. The van der Waals surface area contributed by atoms with Crippen LogP contribution in [0.3, 0.4) is 0 Å². The molecule has 2 aromatic rings. The molecule has 1 aromatic carbocycles. The number of nitrogens with zero attached hydrogens (tertiary/aromatic N) is 1. The first-order valence-electron chi connectivity index (χ1n) is 4.04. The zero-order valence-electron chi connectivity index (χ0n) is 7.42. The van der Waals surface area contributed by atoms with Gasteiger partial charge < -0.3 is 0 Å². The summed E-state index contributed by atoms with van der Waals surface area (Å²) in [4.78, 5) is 4.26. The van der Waals surface area contributed by atoms with Crippen LogP contribution in [0.1, 0.15) is 5.01 Å². The van der Waals surface area contributed by atoms with Gasteiger partial charge in [-0.2, -0.15) is 0 Å². The van der Waals surface area contributed by atoms with Gasteiger partial charge in [0.15, 0.2) is 0 Å². The summed E-state index contributed by atoms with van der Waals surface area (Å²) in [5, 5.41) is 3.01. The first kappa shape index (κ1) is 9.62. The lowest BCUT2D eigenvalue weighted by Crippen LogP contribution is -1.81. The zero-order valence-corrected chi connectivity index (χ0v) is 8.99. The summed E-state index contributed by atoms with van der Waals surface area (Å²) in [5.41, 5.74) is 1.55. The lowest BCUT2D eigenvalue weighted by molar-refractivity contribution is 0.628. The summed E-state index contributed by atoms with van der Waals surface area (Å²) in [6.45, 7) is 1.92. The maximum absolute atomic E-state index is 13.1. The molecule has 0 saturated carbocycles. The van der Waals surface area contributed by atoms with Crippen LogP contribution in [0.15, 0.2) is 23.6 Å². The van der Waals surface area contributed by atoms with E-state index >= 15 is 0 Å². The SMILES string of the molecule is Cc1nc(-c2ccc(Cl)c(F)c2)cs1. The van der Waals surface area contributed by atoms with E-state index in [1.807, 2.05) is 12.3 Å². The van der Waals surface area contributed by atoms with Gasteiger partial charge in [0.1, 0.15) is 5.82 Å². The summed E-state index contributed by atoms with van der Waals surface area (Å²) >= 11 is 7.12. The van der Waals surface area contributed by atoms with Crippen molar-refractivity contribution < 1.29 is 4.39 Å². The van der Waals surface area contributed by atoms with Gasteiger partial charge in [-0.15, -0.1) is 11.3 Å². The van der Waals surface area contributed by atoms with Gasteiger partial charge in [-0.3, -0.25) is 0 Å². The number of hydrogen-bond donors (Lipinski definition) is 0. The lowest BCUT2D eigenvalue weighted by Gasteiger charge is -1.98. The third-order valence-corrected chi connectivity index (χ3v) is 2.91. The van der Waals surface area contributed by atoms with E-state index in [2.05, 4.69) is 4.98 Å². The van der Waals surface area contributed by atoms with Crippen LogP contribution in [-0.2, 0) is 0 Å². The molecule has 0 aliphatic carbocycles. The predicted octanol–water partition coefficient (Wildman–Crippen LogP) is 3.91. The largest absolute Gasteiger partial charge is 0.242 e. The second kappa shape index (κ2) is 3.67. The molecule has 0 saturated heterocycles. The highest BCUT2D eigenvalue weighted by Crippen LogP contribution is 2.25. The molecule has 0 aliphatic heterocycles. The van der Waals surface area contributed by atoms with Gasteiger partial charge in [0.25, 0.3) is 0 Å². The summed E-state index contributed by atoms with van der Waals surface area (Å²) in [7, 11) is 0. The van der Waals surface area contributed by atoms with Crippen molar-refractivity contribution in [2.45, 2.75) is 6.92 Å². The molecule has 1 heterocycles. The summed E-state index contributed by atoms with van der Waals surface area (Å²) in [5.74, 6) is -0.408. The summed E-state index contributed by atoms with van der Waals surface area (Å²) in [6.07, 6.45) is 0. The quantitative estimate of drug-likeness (QED) is 0.720. The Morgan fingerprint density at radius 2 is 2.21 bits per heavy atom. The first-order valence-corrected chi connectivity index (χ1v) is 5.30. The highest BCUT2D eigenvalue weighted by atomic mass is 35.5. The lowest BCUT2D eigenvalue weighted by atomic mass is 10.2. The minimum absolute atomic E-state index is 0.140. The van der Waals surface area contributed by atoms with Gasteiger partial charge in [0.05, 0.1) is 15.7 Å². The van der Waals surface area contributed by atoms with E-state index < -0.39 is 5.82 Å². The molecule has 4 heteroatoms. The Morgan fingerprint density at radius 1 is 1.43 bits per heavy atom. The molecule has 0 amide bonds. The Kier molecular flexibility index (Phi) is 2.52. The molecule has 0 spiro atoms. The minimum atomic E-state index is -0.408.